The summed E-state index contributed by atoms with van der Waals surface area (Å²) in [5, 5.41) is 11.4. The molecule has 0 saturated heterocycles. The Kier molecular flexibility index (Phi) is 11.2. The van der Waals surface area contributed by atoms with E-state index in [2.05, 4.69) is 10.3 Å². The van der Waals surface area contributed by atoms with Crippen LogP contribution in [0, 0.1) is 0 Å². The number of carboxylic acid groups (broad SMARTS) is 1. The van der Waals surface area contributed by atoms with Gasteiger partial charge in [-0.3, -0.25) is 9.79 Å². The summed E-state index contributed by atoms with van der Waals surface area (Å²) >= 11 is 0. The van der Waals surface area contributed by atoms with Crippen molar-refractivity contribution in [3.8, 4) is 0 Å². The van der Waals surface area contributed by atoms with E-state index in [4.69, 9.17) is 20.9 Å². The number of benzene rings is 1. The molecule has 30 heavy (non-hydrogen) atoms. The Morgan fingerprint density at radius 2 is 1.77 bits per heavy atom. The summed E-state index contributed by atoms with van der Waals surface area (Å²) in [6, 6.07) is 5.75. The maximum Gasteiger partial charge on any atom is 0.407 e. The van der Waals surface area contributed by atoms with Crippen molar-refractivity contribution in [1.29, 1.82) is 0 Å². The number of hydrogen-bond acceptors (Lipinski definition) is 7. The van der Waals surface area contributed by atoms with Crippen LogP contribution >= 0.6 is 0 Å². The van der Waals surface area contributed by atoms with E-state index in [1.807, 2.05) is 4.72 Å². The number of aliphatic imine (C=N–C) groups is 1. The number of hydrogen-bond donors (Lipinski definition) is 5. The molecule has 0 aliphatic heterocycles. The summed E-state index contributed by atoms with van der Waals surface area (Å²) in [5.41, 5.74) is 10.3. The SMILES string of the molecule is NC(N)=NCCOCCCCOC(=O)NCC(NS(=O)(=O)c1ccccc1)C(=O)O. The molecule has 0 saturated carbocycles. The number of sulfonamides is 1. The minimum absolute atomic E-state index is 0.00369. The number of aliphatic carboxylic acids is 1. The Morgan fingerprint density at radius 3 is 2.40 bits per heavy atom. The highest BCUT2D eigenvalue weighted by Gasteiger charge is 2.25. The first kappa shape index (κ1) is 25.1. The van der Waals surface area contributed by atoms with Gasteiger partial charge in [0.15, 0.2) is 5.96 Å². The smallest absolute Gasteiger partial charge is 0.407 e. The zero-order valence-electron chi connectivity index (χ0n) is 16.3. The molecule has 0 fully saturated rings. The molecular formula is C17H27N5O7S. The second-order valence-electron chi connectivity index (χ2n) is 5.97. The fourth-order valence-corrected chi connectivity index (χ4v) is 3.29. The number of alkyl carbamates (subject to hydrolysis) is 1. The summed E-state index contributed by atoms with van der Waals surface area (Å²) in [5.74, 6) is -1.44. The van der Waals surface area contributed by atoms with Gasteiger partial charge >= 0.3 is 12.1 Å². The van der Waals surface area contributed by atoms with E-state index in [-0.39, 0.29) is 17.5 Å². The van der Waals surface area contributed by atoms with E-state index < -0.39 is 34.7 Å². The molecule has 1 aromatic carbocycles. The molecular weight excluding hydrogens is 418 g/mol. The summed E-state index contributed by atoms with van der Waals surface area (Å²) in [7, 11) is -4.05. The predicted molar refractivity (Wildman–Crippen MR) is 108 cm³/mol. The van der Waals surface area contributed by atoms with Crippen molar-refractivity contribution >= 4 is 28.0 Å². The third-order valence-corrected chi connectivity index (χ3v) is 5.03. The maximum absolute atomic E-state index is 12.2. The number of rotatable bonds is 14. The van der Waals surface area contributed by atoms with Crippen molar-refractivity contribution < 1.29 is 32.6 Å². The lowest BCUT2D eigenvalue weighted by Crippen LogP contribution is -2.48. The topological polar surface area (TPSA) is 195 Å². The molecule has 0 radical (unpaired) electrons. The van der Waals surface area contributed by atoms with E-state index in [1.165, 1.54) is 24.3 Å². The van der Waals surface area contributed by atoms with E-state index in [9.17, 15) is 23.1 Å². The zero-order valence-corrected chi connectivity index (χ0v) is 17.1. The molecule has 0 aliphatic rings. The highest BCUT2D eigenvalue weighted by molar-refractivity contribution is 7.89. The Hall–Kier alpha value is -2.90. The van der Waals surface area contributed by atoms with Gasteiger partial charge in [0, 0.05) is 13.2 Å². The molecule has 1 amide bonds. The van der Waals surface area contributed by atoms with Crippen molar-refractivity contribution in [2.24, 2.45) is 16.5 Å². The monoisotopic (exact) mass is 445 g/mol. The van der Waals surface area contributed by atoms with Crippen molar-refractivity contribution in [2.75, 3.05) is 32.9 Å². The molecule has 0 aromatic heterocycles. The first-order chi connectivity index (χ1) is 14.2. The number of amides is 1. The minimum atomic E-state index is -4.05. The molecule has 7 N–H and O–H groups in total. The zero-order chi connectivity index (χ0) is 22.4. The Labute approximate surface area is 174 Å². The van der Waals surface area contributed by atoms with Gasteiger partial charge < -0.3 is 31.4 Å². The standard InChI is InChI=1S/C17H27N5O7S/c18-16(19)20-8-11-28-9-4-5-10-29-17(25)21-12-14(15(23)24)22-30(26,27)13-6-2-1-3-7-13/h1-3,6-7,14,22H,4-5,8-12H2,(H,21,25)(H,23,24)(H4,18,19,20). The molecule has 0 bridgehead atoms. The van der Waals surface area contributed by atoms with Crippen LogP contribution in [0.25, 0.3) is 0 Å². The van der Waals surface area contributed by atoms with Crippen LogP contribution in [-0.4, -0.2) is 70.5 Å². The third kappa shape index (κ3) is 10.6. The number of guanidine groups is 1. The largest absolute Gasteiger partial charge is 0.480 e. The van der Waals surface area contributed by atoms with Gasteiger partial charge in [0.1, 0.15) is 6.04 Å². The number of carboxylic acids is 1. The number of unbranched alkanes of at least 4 members (excludes halogenated alkanes) is 1. The van der Waals surface area contributed by atoms with Crippen molar-refractivity contribution in [2.45, 2.75) is 23.8 Å². The number of nitrogens with two attached hydrogens (primary N) is 2. The maximum atomic E-state index is 12.2. The van der Waals surface area contributed by atoms with Crippen LogP contribution in [0.5, 0.6) is 0 Å². The van der Waals surface area contributed by atoms with Crippen LogP contribution in [0.15, 0.2) is 40.2 Å². The Morgan fingerprint density at radius 1 is 1.10 bits per heavy atom. The van der Waals surface area contributed by atoms with Crippen molar-refractivity contribution in [3.05, 3.63) is 30.3 Å². The number of carbonyl (C=O) groups excluding carboxylic acids is 1. The van der Waals surface area contributed by atoms with Crippen LogP contribution in [0.1, 0.15) is 12.8 Å². The molecule has 0 heterocycles. The summed E-state index contributed by atoms with van der Waals surface area (Å²) in [4.78, 5) is 26.7. The molecule has 1 aromatic rings. The molecule has 13 heteroatoms. The van der Waals surface area contributed by atoms with Gasteiger partial charge in [-0.25, -0.2) is 13.2 Å². The van der Waals surface area contributed by atoms with Gasteiger partial charge in [-0.05, 0) is 25.0 Å². The summed E-state index contributed by atoms with van der Waals surface area (Å²) in [6.07, 6.45) is 0.302. The number of carbonyl (C=O) groups is 2. The molecule has 1 unspecified atom stereocenters. The average Bonchev–Trinajstić information content (AvgIpc) is 2.70. The van der Waals surface area contributed by atoms with Crippen LogP contribution < -0.4 is 21.5 Å². The normalized spacial score (nSPS) is 12.0. The molecule has 1 atom stereocenters. The highest BCUT2D eigenvalue weighted by Crippen LogP contribution is 2.08. The summed E-state index contributed by atoms with van der Waals surface area (Å²) in [6.45, 7) is 0.784. The first-order valence-electron chi connectivity index (χ1n) is 9.06. The highest BCUT2D eigenvalue weighted by atomic mass is 32.2. The Balaban J connectivity index is 2.27. The second-order valence-corrected chi connectivity index (χ2v) is 7.68. The molecule has 0 spiro atoms. The lowest BCUT2D eigenvalue weighted by molar-refractivity contribution is -0.138. The fraction of sp³-hybridized carbons (Fsp3) is 0.471. The van der Waals surface area contributed by atoms with E-state index in [0.717, 1.165) is 0 Å². The van der Waals surface area contributed by atoms with Gasteiger partial charge in [-0.2, -0.15) is 4.72 Å². The second kappa shape index (κ2) is 13.3. The lowest BCUT2D eigenvalue weighted by atomic mass is 10.3. The van der Waals surface area contributed by atoms with E-state index in [0.29, 0.717) is 32.6 Å². The molecule has 0 aliphatic carbocycles. The van der Waals surface area contributed by atoms with Crippen LogP contribution in [0.4, 0.5) is 4.79 Å². The van der Waals surface area contributed by atoms with Gasteiger partial charge in [0.2, 0.25) is 10.0 Å². The number of ether oxygens (including phenoxy) is 2. The lowest BCUT2D eigenvalue weighted by Gasteiger charge is -2.15. The van der Waals surface area contributed by atoms with Gasteiger partial charge in [-0.1, -0.05) is 18.2 Å². The molecule has 12 nitrogen and oxygen atoms in total. The Bertz CT molecular complexity index is 798. The van der Waals surface area contributed by atoms with Crippen molar-refractivity contribution in [1.82, 2.24) is 10.0 Å². The van der Waals surface area contributed by atoms with Crippen LogP contribution in [0.3, 0.4) is 0 Å². The summed E-state index contributed by atoms with van der Waals surface area (Å²) < 4.78 is 36.7. The predicted octanol–water partition coefficient (Wildman–Crippen LogP) is -0.785. The van der Waals surface area contributed by atoms with E-state index in [1.54, 1.807) is 6.07 Å². The van der Waals surface area contributed by atoms with Gasteiger partial charge in [-0.15, -0.1) is 0 Å². The first-order valence-corrected chi connectivity index (χ1v) is 10.5. The number of nitrogens with one attached hydrogen (secondary N) is 2. The fourth-order valence-electron chi connectivity index (χ4n) is 2.08. The van der Waals surface area contributed by atoms with Crippen molar-refractivity contribution in [3.63, 3.8) is 0 Å². The molecule has 1 rings (SSSR count). The quantitative estimate of drug-likeness (QED) is 0.138. The molecule has 168 valence electrons. The van der Waals surface area contributed by atoms with Crippen LogP contribution in [0.2, 0.25) is 0 Å². The minimum Gasteiger partial charge on any atom is -0.480 e. The van der Waals surface area contributed by atoms with Gasteiger partial charge in [0.25, 0.3) is 0 Å². The van der Waals surface area contributed by atoms with E-state index >= 15 is 0 Å². The third-order valence-electron chi connectivity index (χ3n) is 3.55. The van der Waals surface area contributed by atoms with Gasteiger partial charge in [0.05, 0.1) is 24.7 Å². The van der Waals surface area contributed by atoms with Crippen LogP contribution in [-0.2, 0) is 24.3 Å². The number of nitrogens with zero attached hydrogens (tertiary/aromatic N) is 1. The average molecular weight is 445 g/mol.